The number of esters is 1. The van der Waals surface area contributed by atoms with Crippen LogP contribution in [0.2, 0.25) is 0 Å². The van der Waals surface area contributed by atoms with E-state index < -0.39 is 24.0 Å². The summed E-state index contributed by atoms with van der Waals surface area (Å²) >= 11 is 0. The van der Waals surface area contributed by atoms with Gasteiger partial charge in [0.25, 0.3) is 0 Å². The average Bonchev–Trinajstić information content (AvgIpc) is 2.57. The van der Waals surface area contributed by atoms with Crippen LogP contribution in [0.15, 0.2) is 0 Å². The molecule has 5 unspecified atom stereocenters. The summed E-state index contributed by atoms with van der Waals surface area (Å²) in [5.41, 5.74) is -0.229. The number of amides is 1. The van der Waals surface area contributed by atoms with Crippen LogP contribution in [0, 0.1) is 29.1 Å². The Kier molecular flexibility index (Phi) is 5.03. The molecule has 0 aromatic rings. The summed E-state index contributed by atoms with van der Waals surface area (Å²) in [6.45, 7) is 3.82. The van der Waals surface area contributed by atoms with Crippen molar-refractivity contribution in [1.29, 1.82) is 0 Å². The standard InChI is InChI=1S/C19H28F3NO3/c1-4-26-17(25)16-11-5-8-14-18(2,10-9-15(24)23(14)3)12(11)6-7-13(16)19(20,21)22/h11-14,16H,4-10H2,1-3H3/t11?,12?,13?,14?,16?,18-/m1/s1. The molecule has 1 saturated heterocycles. The van der Waals surface area contributed by atoms with Gasteiger partial charge < -0.3 is 9.64 Å². The topological polar surface area (TPSA) is 46.6 Å². The lowest BCUT2D eigenvalue weighted by molar-refractivity contribution is -0.227. The number of halogens is 3. The van der Waals surface area contributed by atoms with Crippen molar-refractivity contribution in [2.24, 2.45) is 29.1 Å². The van der Waals surface area contributed by atoms with Crippen molar-refractivity contribution < 1.29 is 27.5 Å². The van der Waals surface area contributed by atoms with Gasteiger partial charge in [-0.25, -0.2) is 0 Å². The zero-order chi connectivity index (χ0) is 19.3. The molecule has 0 N–H and O–H groups in total. The normalized spacial score (nSPS) is 40.6. The molecule has 0 bridgehead atoms. The van der Waals surface area contributed by atoms with Gasteiger partial charge in [0.15, 0.2) is 0 Å². The highest BCUT2D eigenvalue weighted by molar-refractivity contribution is 5.77. The van der Waals surface area contributed by atoms with Gasteiger partial charge in [0.05, 0.1) is 18.4 Å². The molecule has 0 aromatic carbocycles. The molecule has 1 amide bonds. The SMILES string of the molecule is CCOC(=O)C1C2CCC3N(C)C(=O)CC[C@]3(C)C2CCC1C(F)(F)F. The number of fused-ring (bicyclic) bond motifs is 3. The second-order valence-corrected chi connectivity index (χ2v) is 8.38. The number of hydrogen-bond donors (Lipinski definition) is 0. The smallest absolute Gasteiger partial charge is 0.392 e. The van der Waals surface area contributed by atoms with Gasteiger partial charge in [0.2, 0.25) is 5.91 Å². The Morgan fingerprint density at radius 2 is 1.96 bits per heavy atom. The summed E-state index contributed by atoms with van der Waals surface area (Å²) < 4.78 is 46.0. The van der Waals surface area contributed by atoms with Gasteiger partial charge in [-0.15, -0.1) is 0 Å². The minimum atomic E-state index is -4.39. The zero-order valence-corrected chi connectivity index (χ0v) is 15.6. The molecular weight excluding hydrogens is 347 g/mol. The molecule has 2 aliphatic carbocycles. The number of carbonyl (C=O) groups is 2. The van der Waals surface area contributed by atoms with Gasteiger partial charge in [-0.1, -0.05) is 6.92 Å². The first-order valence-electron chi connectivity index (χ1n) is 9.60. The largest absolute Gasteiger partial charge is 0.466 e. The van der Waals surface area contributed by atoms with Crippen LogP contribution >= 0.6 is 0 Å². The summed E-state index contributed by atoms with van der Waals surface area (Å²) in [4.78, 5) is 26.4. The number of carbonyl (C=O) groups excluding carboxylic acids is 2. The van der Waals surface area contributed by atoms with Crippen molar-refractivity contribution in [3.05, 3.63) is 0 Å². The lowest BCUT2D eigenvalue weighted by atomic mass is 9.49. The van der Waals surface area contributed by atoms with E-state index in [2.05, 4.69) is 6.92 Å². The molecule has 0 radical (unpaired) electrons. The van der Waals surface area contributed by atoms with Crippen molar-refractivity contribution >= 4 is 11.9 Å². The van der Waals surface area contributed by atoms with Crippen molar-refractivity contribution in [3.8, 4) is 0 Å². The van der Waals surface area contributed by atoms with Crippen LogP contribution in [0.25, 0.3) is 0 Å². The second kappa shape index (κ2) is 6.71. The first kappa shape index (κ1) is 19.5. The summed E-state index contributed by atoms with van der Waals surface area (Å²) in [5, 5.41) is 0. The minimum Gasteiger partial charge on any atom is -0.466 e. The molecule has 2 saturated carbocycles. The van der Waals surface area contributed by atoms with Crippen LogP contribution in [-0.2, 0) is 14.3 Å². The fourth-order valence-corrected chi connectivity index (χ4v) is 6.09. The third-order valence-electron chi connectivity index (χ3n) is 7.30. The Labute approximate surface area is 152 Å². The first-order valence-corrected chi connectivity index (χ1v) is 9.60. The van der Waals surface area contributed by atoms with Gasteiger partial charge in [-0.2, -0.15) is 13.2 Å². The fourth-order valence-electron chi connectivity index (χ4n) is 6.09. The average molecular weight is 375 g/mol. The monoisotopic (exact) mass is 375 g/mol. The van der Waals surface area contributed by atoms with Gasteiger partial charge in [-0.3, -0.25) is 9.59 Å². The van der Waals surface area contributed by atoms with Gasteiger partial charge >= 0.3 is 12.1 Å². The van der Waals surface area contributed by atoms with E-state index in [-0.39, 0.29) is 42.2 Å². The van der Waals surface area contributed by atoms with E-state index in [1.165, 1.54) is 0 Å². The Hall–Kier alpha value is -1.27. The highest BCUT2D eigenvalue weighted by Crippen LogP contribution is 2.60. The van der Waals surface area contributed by atoms with E-state index in [0.717, 1.165) is 0 Å². The minimum absolute atomic E-state index is 0.0183. The molecule has 3 rings (SSSR count). The third-order valence-corrected chi connectivity index (χ3v) is 7.30. The summed E-state index contributed by atoms with van der Waals surface area (Å²) in [6, 6.07) is 0.0512. The van der Waals surface area contributed by atoms with Gasteiger partial charge in [-0.05, 0) is 56.3 Å². The van der Waals surface area contributed by atoms with E-state index in [1.807, 2.05) is 0 Å². The molecule has 26 heavy (non-hydrogen) atoms. The molecular formula is C19H28F3NO3. The molecule has 3 aliphatic rings. The Morgan fingerprint density at radius 3 is 2.58 bits per heavy atom. The van der Waals surface area contributed by atoms with Crippen molar-refractivity contribution in [2.45, 2.75) is 64.6 Å². The summed E-state index contributed by atoms with van der Waals surface area (Å²) in [7, 11) is 1.80. The highest BCUT2D eigenvalue weighted by atomic mass is 19.4. The van der Waals surface area contributed by atoms with Gasteiger partial charge in [0, 0.05) is 19.5 Å². The maximum atomic E-state index is 13.6. The van der Waals surface area contributed by atoms with E-state index in [1.54, 1.807) is 18.9 Å². The molecule has 0 aromatic heterocycles. The van der Waals surface area contributed by atoms with Crippen LogP contribution in [0.4, 0.5) is 13.2 Å². The number of alkyl halides is 3. The van der Waals surface area contributed by atoms with Crippen LogP contribution in [0.1, 0.15) is 52.4 Å². The van der Waals surface area contributed by atoms with Crippen molar-refractivity contribution in [1.82, 2.24) is 4.90 Å². The summed E-state index contributed by atoms with van der Waals surface area (Å²) in [6.07, 6.45) is -1.65. The van der Waals surface area contributed by atoms with Crippen LogP contribution in [0.3, 0.4) is 0 Å². The Balaban J connectivity index is 1.94. The van der Waals surface area contributed by atoms with Crippen molar-refractivity contribution in [3.63, 3.8) is 0 Å². The Bertz CT molecular complexity index is 579. The molecule has 0 spiro atoms. The van der Waals surface area contributed by atoms with Crippen molar-refractivity contribution in [2.75, 3.05) is 13.7 Å². The predicted molar refractivity (Wildman–Crippen MR) is 89.0 cm³/mol. The zero-order valence-electron chi connectivity index (χ0n) is 15.6. The van der Waals surface area contributed by atoms with Crippen LogP contribution in [-0.4, -0.2) is 42.6 Å². The fraction of sp³-hybridized carbons (Fsp3) is 0.895. The molecule has 148 valence electrons. The number of ether oxygens (including phenoxy) is 1. The van der Waals surface area contributed by atoms with E-state index in [0.29, 0.717) is 32.1 Å². The number of likely N-dealkylation sites (tertiary alicyclic amines) is 1. The number of rotatable bonds is 2. The number of nitrogens with zero attached hydrogens (tertiary/aromatic N) is 1. The Morgan fingerprint density at radius 1 is 1.27 bits per heavy atom. The highest BCUT2D eigenvalue weighted by Gasteiger charge is 2.61. The maximum absolute atomic E-state index is 13.6. The van der Waals surface area contributed by atoms with E-state index in [4.69, 9.17) is 4.74 Å². The molecule has 1 heterocycles. The lowest BCUT2D eigenvalue weighted by Gasteiger charge is -2.59. The third kappa shape index (κ3) is 3.01. The quantitative estimate of drug-likeness (QED) is 0.690. The first-order chi connectivity index (χ1) is 12.1. The molecule has 1 aliphatic heterocycles. The molecule has 7 heteroatoms. The van der Waals surface area contributed by atoms with Crippen LogP contribution in [0.5, 0.6) is 0 Å². The second-order valence-electron chi connectivity index (χ2n) is 8.38. The van der Waals surface area contributed by atoms with E-state index in [9.17, 15) is 22.8 Å². The van der Waals surface area contributed by atoms with E-state index >= 15 is 0 Å². The molecule has 3 fully saturated rings. The van der Waals surface area contributed by atoms with Gasteiger partial charge in [0.1, 0.15) is 0 Å². The predicted octanol–water partition coefficient (Wildman–Crippen LogP) is 3.79. The summed E-state index contributed by atoms with van der Waals surface area (Å²) in [5.74, 6) is -3.63. The number of piperidine rings is 1. The lowest BCUT2D eigenvalue weighted by Crippen LogP contribution is -2.62. The molecule has 4 nitrogen and oxygen atoms in total. The van der Waals surface area contributed by atoms with Crippen LogP contribution < -0.4 is 0 Å². The maximum Gasteiger partial charge on any atom is 0.392 e. The molecule has 6 atom stereocenters. The number of hydrogen-bond acceptors (Lipinski definition) is 3.